The number of ether oxygens (including phenoxy) is 1. The number of thiophene rings is 1. The molecule has 4 rings (SSSR count). The van der Waals surface area contributed by atoms with Crippen molar-refractivity contribution in [1.29, 1.82) is 0 Å². The quantitative estimate of drug-likeness (QED) is 0.547. The van der Waals surface area contributed by atoms with Gasteiger partial charge in [-0.05, 0) is 52.7 Å². The second kappa shape index (κ2) is 8.59. The van der Waals surface area contributed by atoms with Crippen LogP contribution in [-0.4, -0.2) is 50.5 Å². The van der Waals surface area contributed by atoms with E-state index in [4.69, 9.17) is 10.5 Å². The number of nitrogens with zero attached hydrogens (tertiary/aromatic N) is 4. The highest BCUT2D eigenvalue weighted by Crippen LogP contribution is 2.37. The first-order valence-electron chi connectivity index (χ1n) is 10.8. The molecule has 3 aromatic rings. The van der Waals surface area contributed by atoms with Crippen LogP contribution in [0.1, 0.15) is 51.5 Å². The molecular weight excluding hydrogens is 428 g/mol. The Morgan fingerprint density at radius 1 is 1.41 bits per heavy atom. The largest absolute Gasteiger partial charge is 0.444 e. The predicted octanol–water partition coefficient (Wildman–Crippen LogP) is 3.59. The zero-order valence-corrected chi connectivity index (χ0v) is 19.6. The summed E-state index contributed by atoms with van der Waals surface area (Å²) in [7, 11) is 0. The highest BCUT2D eigenvalue weighted by Gasteiger charge is 2.27. The van der Waals surface area contributed by atoms with E-state index in [1.807, 2.05) is 32.2 Å². The lowest BCUT2D eigenvalue weighted by Crippen LogP contribution is -2.49. The lowest BCUT2D eigenvalue weighted by Gasteiger charge is -2.34. The number of rotatable bonds is 4. The second-order valence-electron chi connectivity index (χ2n) is 9.17. The Bertz CT molecular complexity index is 1120. The number of fused-ring (bicyclic) bond motifs is 1. The van der Waals surface area contributed by atoms with E-state index in [1.165, 1.54) is 17.7 Å². The number of hydrogen-bond acceptors (Lipinski definition) is 8. The molecular formula is C22H30N6O3S. The summed E-state index contributed by atoms with van der Waals surface area (Å²) in [4.78, 5) is 19.6. The van der Waals surface area contributed by atoms with E-state index in [0.717, 1.165) is 46.7 Å². The normalized spacial score (nSPS) is 18.0. The van der Waals surface area contributed by atoms with Gasteiger partial charge in [-0.2, -0.15) is 5.10 Å². The Kier molecular flexibility index (Phi) is 6.00. The van der Waals surface area contributed by atoms with Crippen LogP contribution >= 0.6 is 11.3 Å². The van der Waals surface area contributed by atoms with Crippen LogP contribution in [0.3, 0.4) is 0 Å². The summed E-state index contributed by atoms with van der Waals surface area (Å²) in [6.45, 7) is 8.78. The molecule has 9 nitrogen and oxygen atoms in total. The van der Waals surface area contributed by atoms with Gasteiger partial charge in [-0.3, -0.25) is 0 Å². The van der Waals surface area contributed by atoms with E-state index in [9.17, 15) is 9.90 Å². The molecule has 1 fully saturated rings. The van der Waals surface area contributed by atoms with Crippen LogP contribution in [0.5, 0.6) is 0 Å². The molecule has 1 aliphatic rings. The number of nitrogens with one attached hydrogen (secondary N) is 1. The number of aromatic nitrogens is 3. The van der Waals surface area contributed by atoms with Gasteiger partial charge < -0.3 is 25.8 Å². The summed E-state index contributed by atoms with van der Waals surface area (Å²) in [6, 6.07) is 4.00. The minimum atomic E-state index is -0.539. The number of carbonyl (C=O) groups excluding carboxylic acids is 1. The minimum Gasteiger partial charge on any atom is -0.444 e. The highest BCUT2D eigenvalue weighted by molar-refractivity contribution is 7.10. The van der Waals surface area contributed by atoms with Crippen LogP contribution in [0.15, 0.2) is 23.8 Å². The van der Waals surface area contributed by atoms with E-state index in [0.29, 0.717) is 12.4 Å². The summed E-state index contributed by atoms with van der Waals surface area (Å²) in [5.74, 6) is 0.398. The van der Waals surface area contributed by atoms with Crippen LogP contribution in [0.25, 0.3) is 16.8 Å². The summed E-state index contributed by atoms with van der Waals surface area (Å²) in [6.07, 6.45) is 2.31. The molecule has 1 aliphatic heterocycles. The van der Waals surface area contributed by atoms with Crippen molar-refractivity contribution >= 4 is 34.5 Å². The van der Waals surface area contributed by atoms with Crippen LogP contribution < -0.4 is 16.0 Å². The Morgan fingerprint density at radius 2 is 2.19 bits per heavy atom. The van der Waals surface area contributed by atoms with Gasteiger partial charge in [-0.15, -0.1) is 11.3 Å². The summed E-state index contributed by atoms with van der Waals surface area (Å²) in [5.41, 5.74) is 9.25. The fourth-order valence-corrected chi connectivity index (χ4v) is 4.83. The van der Waals surface area contributed by atoms with E-state index in [1.54, 1.807) is 11.4 Å². The van der Waals surface area contributed by atoms with Gasteiger partial charge in [0.15, 0.2) is 5.82 Å². The smallest absolute Gasteiger partial charge is 0.407 e. The van der Waals surface area contributed by atoms with Crippen molar-refractivity contribution in [3.8, 4) is 11.3 Å². The molecule has 1 amide bonds. The van der Waals surface area contributed by atoms with Gasteiger partial charge in [0.05, 0.1) is 17.5 Å². The van der Waals surface area contributed by atoms with Gasteiger partial charge in [0.1, 0.15) is 17.4 Å². The third kappa shape index (κ3) is 4.66. The molecule has 10 heteroatoms. The molecule has 172 valence electrons. The van der Waals surface area contributed by atoms with Crippen LogP contribution in [0, 0.1) is 0 Å². The molecule has 0 aliphatic carbocycles. The number of anilines is 2. The summed E-state index contributed by atoms with van der Waals surface area (Å²) >= 11 is 1.51. The number of aliphatic hydroxyl groups is 1. The van der Waals surface area contributed by atoms with Gasteiger partial charge >= 0.3 is 6.09 Å². The summed E-state index contributed by atoms with van der Waals surface area (Å²) in [5, 5.41) is 19.4. The van der Waals surface area contributed by atoms with Gasteiger partial charge in [0.2, 0.25) is 0 Å². The molecule has 0 spiro atoms. The predicted molar refractivity (Wildman–Crippen MR) is 126 cm³/mol. The van der Waals surface area contributed by atoms with Gasteiger partial charge in [0, 0.05) is 35.0 Å². The molecule has 1 saturated heterocycles. The molecule has 0 bridgehead atoms. The lowest BCUT2D eigenvalue weighted by molar-refractivity contribution is 0.0500. The molecule has 0 saturated carbocycles. The van der Waals surface area contributed by atoms with Crippen LogP contribution in [-0.2, 0) is 4.74 Å². The van der Waals surface area contributed by atoms with Crippen molar-refractivity contribution in [2.75, 3.05) is 23.7 Å². The fourth-order valence-electron chi connectivity index (χ4n) is 3.99. The maximum absolute atomic E-state index is 12.3. The Balaban J connectivity index is 1.64. The van der Waals surface area contributed by atoms with E-state index < -0.39 is 17.8 Å². The second-order valence-corrected chi connectivity index (χ2v) is 10.1. The first-order chi connectivity index (χ1) is 15.1. The molecule has 4 heterocycles. The zero-order chi connectivity index (χ0) is 23.0. The number of amides is 1. The summed E-state index contributed by atoms with van der Waals surface area (Å²) < 4.78 is 7.22. The number of aliphatic hydroxyl groups excluding tert-OH is 1. The Labute approximate surface area is 191 Å². The van der Waals surface area contributed by atoms with Crippen molar-refractivity contribution in [3.63, 3.8) is 0 Å². The molecule has 32 heavy (non-hydrogen) atoms. The molecule has 3 aromatic heterocycles. The Morgan fingerprint density at radius 3 is 2.88 bits per heavy atom. The van der Waals surface area contributed by atoms with Crippen molar-refractivity contribution in [1.82, 2.24) is 19.9 Å². The molecule has 4 N–H and O–H groups in total. The standard InChI is InChI=1S/C22H30N6O3S/c1-13(29)18-8-14(11-32-18)16-9-17(19-20(23)24-12-25-28(16)19)27-7-5-6-15(10-27)26-21(30)31-22(2,3)4/h8-9,11-13,15,29H,5-7,10H2,1-4H3,(H,26,30)(H2,23,24,25)/t13?,15-/m1/s1. The van der Waals surface area contributed by atoms with Crippen molar-refractivity contribution in [2.45, 2.75) is 58.3 Å². The SMILES string of the molecule is CC(O)c1cc(-c2cc(N3CCC[C@@H](NC(=O)OC(C)(C)C)C3)c3c(N)ncnn23)cs1. The molecule has 1 unspecified atom stereocenters. The van der Waals surface area contributed by atoms with E-state index in [2.05, 4.69) is 26.4 Å². The molecule has 2 atom stereocenters. The van der Waals surface area contributed by atoms with Gasteiger partial charge in [-0.25, -0.2) is 14.3 Å². The van der Waals surface area contributed by atoms with Crippen LogP contribution in [0.4, 0.5) is 16.3 Å². The Hall–Kier alpha value is -2.85. The van der Waals surface area contributed by atoms with Crippen LogP contribution in [0.2, 0.25) is 0 Å². The average Bonchev–Trinajstić information content (AvgIpc) is 3.32. The van der Waals surface area contributed by atoms with Crippen molar-refractivity contribution in [3.05, 3.63) is 28.7 Å². The van der Waals surface area contributed by atoms with Crippen molar-refractivity contribution in [2.24, 2.45) is 0 Å². The number of nitrogens with two attached hydrogens (primary N) is 1. The third-order valence-corrected chi connectivity index (χ3v) is 6.48. The maximum Gasteiger partial charge on any atom is 0.407 e. The maximum atomic E-state index is 12.3. The monoisotopic (exact) mass is 458 g/mol. The highest BCUT2D eigenvalue weighted by atomic mass is 32.1. The topological polar surface area (TPSA) is 118 Å². The average molecular weight is 459 g/mol. The number of alkyl carbamates (subject to hydrolysis) is 1. The van der Waals surface area contributed by atoms with E-state index >= 15 is 0 Å². The minimum absolute atomic E-state index is 0.0363. The van der Waals surface area contributed by atoms with Gasteiger partial charge in [0.25, 0.3) is 0 Å². The first kappa shape index (κ1) is 22.3. The molecule has 0 radical (unpaired) electrons. The third-order valence-electron chi connectivity index (χ3n) is 5.37. The van der Waals surface area contributed by atoms with Crippen molar-refractivity contribution < 1.29 is 14.6 Å². The van der Waals surface area contributed by atoms with E-state index in [-0.39, 0.29) is 6.04 Å². The fraction of sp³-hybridized carbons (Fsp3) is 0.500. The zero-order valence-electron chi connectivity index (χ0n) is 18.8. The number of carbonyl (C=O) groups is 1. The number of nitrogen functional groups attached to an aromatic ring is 1. The lowest BCUT2D eigenvalue weighted by atomic mass is 10.1. The number of piperidine rings is 1. The molecule has 0 aromatic carbocycles. The number of hydrogen-bond donors (Lipinski definition) is 3. The first-order valence-corrected chi connectivity index (χ1v) is 11.6. The van der Waals surface area contributed by atoms with Gasteiger partial charge in [-0.1, -0.05) is 0 Å².